The predicted octanol–water partition coefficient (Wildman–Crippen LogP) is 6.05. The van der Waals surface area contributed by atoms with Crippen molar-refractivity contribution in [3.05, 3.63) is 24.3 Å². The number of nitrogens with zero attached hydrogens (tertiary/aromatic N) is 1. The van der Waals surface area contributed by atoms with Crippen LogP contribution in [0.2, 0.25) is 36.3 Å². The second kappa shape index (κ2) is 15.1. The van der Waals surface area contributed by atoms with Crippen molar-refractivity contribution < 1.29 is 18.7 Å². The van der Waals surface area contributed by atoms with E-state index in [1.165, 1.54) is 0 Å². The summed E-state index contributed by atoms with van der Waals surface area (Å²) in [4.78, 5) is 0. The van der Waals surface area contributed by atoms with Crippen LogP contribution in [-0.4, -0.2) is 54.8 Å². The highest BCUT2D eigenvalue weighted by atomic mass is 28.4. The zero-order chi connectivity index (χ0) is 23.9. The maximum atomic E-state index is 8.52. The molecule has 0 unspecified atom stereocenters. The first-order chi connectivity index (χ1) is 13.6. The number of aliphatic hydroxyl groups excluding tert-OH is 1. The van der Waals surface area contributed by atoms with Gasteiger partial charge in [-0.25, -0.2) is 0 Å². The van der Waals surface area contributed by atoms with Gasteiger partial charge in [-0.3, -0.25) is 0 Å². The molecule has 0 saturated carbocycles. The van der Waals surface area contributed by atoms with Gasteiger partial charge < -0.3 is 18.7 Å². The molecule has 0 radical (unpaired) electrons. The monoisotopic (exact) mass is 457 g/mol. The average molecular weight is 458 g/mol. The molecular weight excluding hydrogens is 410 g/mol. The van der Waals surface area contributed by atoms with E-state index < -0.39 is 16.6 Å². The van der Waals surface area contributed by atoms with Gasteiger partial charge in [0.2, 0.25) is 0 Å². The molecule has 0 aliphatic rings. The lowest BCUT2D eigenvalue weighted by molar-refractivity contribution is 0.168. The Kier molecular flexibility index (Phi) is 15.8. The highest BCUT2D eigenvalue weighted by Crippen LogP contribution is 2.37. The summed E-state index contributed by atoms with van der Waals surface area (Å²) in [7, 11) is -3.21. The SMILES string of the molecule is CC(C)(C)[Si](C)(C)OC/C=C\CO.CC(C)(C)[Si](C)(C)OC/C=C\COCCC#N. The van der Waals surface area contributed by atoms with Gasteiger partial charge in [0.25, 0.3) is 0 Å². The molecule has 0 aromatic rings. The van der Waals surface area contributed by atoms with Crippen molar-refractivity contribution in [1.82, 2.24) is 0 Å². The lowest BCUT2D eigenvalue weighted by Gasteiger charge is -2.35. The van der Waals surface area contributed by atoms with Crippen LogP contribution < -0.4 is 0 Å². The average Bonchev–Trinajstić information content (AvgIpc) is 2.59. The molecule has 0 fully saturated rings. The Morgan fingerprint density at radius 2 is 1.17 bits per heavy atom. The van der Waals surface area contributed by atoms with Crippen LogP contribution in [0.25, 0.3) is 0 Å². The van der Waals surface area contributed by atoms with Crippen molar-refractivity contribution in [3.8, 4) is 6.07 Å². The van der Waals surface area contributed by atoms with E-state index in [9.17, 15) is 0 Å². The second-order valence-corrected chi connectivity index (χ2v) is 19.9. The van der Waals surface area contributed by atoms with Crippen molar-refractivity contribution >= 4 is 16.6 Å². The van der Waals surface area contributed by atoms with E-state index in [1.54, 1.807) is 6.08 Å². The molecule has 0 atom stereocenters. The van der Waals surface area contributed by atoms with Crippen LogP contribution in [0.5, 0.6) is 0 Å². The lowest BCUT2D eigenvalue weighted by atomic mass is 10.2. The Morgan fingerprint density at radius 3 is 1.53 bits per heavy atom. The largest absolute Gasteiger partial charge is 0.413 e. The first-order valence-electron chi connectivity index (χ1n) is 10.8. The summed E-state index contributed by atoms with van der Waals surface area (Å²) in [6.07, 6.45) is 7.99. The van der Waals surface area contributed by atoms with E-state index in [0.29, 0.717) is 32.8 Å². The fourth-order valence-corrected chi connectivity index (χ4v) is 3.39. The van der Waals surface area contributed by atoms with E-state index in [2.05, 4.69) is 67.7 Å². The maximum Gasteiger partial charge on any atom is 0.192 e. The molecule has 0 aromatic heterocycles. The lowest BCUT2D eigenvalue weighted by Crippen LogP contribution is -2.40. The molecular formula is C23H47NO4Si2. The van der Waals surface area contributed by atoms with Crippen LogP contribution in [0.3, 0.4) is 0 Å². The minimum absolute atomic E-state index is 0.0981. The number of ether oxygens (including phenoxy) is 1. The Morgan fingerprint density at radius 1 is 0.767 bits per heavy atom. The molecule has 0 heterocycles. The minimum Gasteiger partial charge on any atom is -0.413 e. The van der Waals surface area contributed by atoms with Gasteiger partial charge in [0, 0.05) is 0 Å². The molecule has 176 valence electrons. The van der Waals surface area contributed by atoms with Crippen LogP contribution in [0.15, 0.2) is 24.3 Å². The first kappa shape index (κ1) is 31.4. The Hall–Kier alpha value is -0.756. The predicted molar refractivity (Wildman–Crippen MR) is 133 cm³/mol. The number of nitriles is 1. The normalized spacial score (nSPS) is 13.4. The number of aliphatic hydroxyl groups is 1. The third-order valence-electron chi connectivity index (χ3n) is 5.70. The van der Waals surface area contributed by atoms with Gasteiger partial charge in [-0.2, -0.15) is 5.26 Å². The van der Waals surface area contributed by atoms with E-state index in [4.69, 9.17) is 24.0 Å². The molecule has 0 aromatic carbocycles. The Bertz CT molecular complexity index is 539. The number of hydrogen-bond donors (Lipinski definition) is 1. The van der Waals surface area contributed by atoms with Crippen molar-refractivity contribution in [1.29, 1.82) is 5.26 Å². The molecule has 1 N–H and O–H groups in total. The quantitative estimate of drug-likeness (QED) is 0.232. The van der Waals surface area contributed by atoms with E-state index in [-0.39, 0.29) is 16.7 Å². The summed E-state index contributed by atoms with van der Waals surface area (Å²) in [6.45, 7) is 24.7. The van der Waals surface area contributed by atoms with Crippen molar-refractivity contribution in [2.75, 3.05) is 33.0 Å². The Labute approximate surface area is 188 Å². The highest BCUT2D eigenvalue weighted by Gasteiger charge is 2.37. The molecule has 0 spiro atoms. The molecule has 0 saturated heterocycles. The van der Waals surface area contributed by atoms with Crippen molar-refractivity contribution in [3.63, 3.8) is 0 Å². The van der Waals surface area contributed by atoms with E-state index >= 15 is 0 Å². The maximum absolute atomic E-state index is 8.52. The number of rotatable bonds is 11. The first-order valence-corrected chi connectivity index (χ1v) is 16.6. The molecule has 5 nitrogen and oxygen atoms in total. The van der Waals surface area contributed by atoms with Crippen LogP contribution in [0.1, 0.15) is 48.0 Å². The standard InChI is InChI=1S/C13H25NO2Si.C10H22O2Si/c1-13(2,3)17(4,5)16-12-7-6-10-15-11-8-9-14;1-10(2,3)13(4,5)12-9-7-6-8-11/h6-7H,8,10-12H2,1-5H3;6-7,11H,8-9H2,1-5H3/b2*7-6-. The summed E-state index contributed by atoms with van der Waals surface area (Å²) in [5.41, 5.74) is 0. The molecule has 0 aliphatic heterocycles. The van der Waals surface area contributed by atoms with Crippen LogP contribution in [-0.2, 0) is 13.6 Å². The zero-order valence-corrected chi connectivity index (χ0v) is 23.2. The van der Waals surface area contributed by atoms with Crippen LogP contribution in [0, 0.1) is 11.3 Å². The van der Waals surface area contributed by atoms with E-state index in [1.807, 2.05) is 24.3 Å². The molecule has 7 heteroatoms. The molecule has 0 bridgehead atoms. The summed E-state index contributed by atoms with van der Waals surface area (Å²) < 4.78 is 17.0. The summed E-state index contributed by atoms with van der Waals surface area (Å²) >= 11 is 0. The minimum atomic E-state index is -1.62. The van der Waals surface area contributed by atoms with Crippen molar-refractivity contribution in [2.45, 2.75) is 84.2 Å². The smallest absolute Gasteiger partial charge is 0.192 e. The van der Waals surface area contributed by atoms with Crippen LogP contribution >= 0.6 is 0 Å². The summed E-state index contributed by atoms with van der Waals surface area (Å²) in [5, 5.41) is 17.4. The summed E-state index contributed by atoms with van der Waals surface area (Å²) in [5.74, 6) is 0. The zero-order valence-electron chi connectivity index (χ0n) is 21.2. The summed E-state index contributed by atoms with van der Waals surface area (Å²) in [6, 6.07) is 2.04. The Balaban J connectivity index is 0. The second-order valence-electron chi connectivity index (χ2n) is 10.3. The van der Waals surface area contributed by atoms with Gasteiger partial charge in [0.15, 0.2) is 16.6 Å². The molecule has 0 aliphatic carbocycles. The molecule has 0 amide bonds. The van der Waals surface area contributed by atoms with Gasteiger partial charge in [-0.05, 0) is 36.3 Å². The van der Waals surface area contributed by atoms with Crippen molar-refractivity contribution in [2.24, 2.45) is 0 Å². The fraction of sp³-hybridized carbons (Fsp3) is 0.783. The van der Waals surface area contributed by atoms with Gasteiger partial charge in [-0.1, -0.05) is 65.8 Å². The van der Waals surface area contributed by atoms with Gasteiger partial charge in [-0.15, -0.1) is 0 Å². The van der Waals surface area contributed by atoms with E-state index in [0.717, 1.165) is 0 Å². The third kappa shape index (κ3) is 15.1. The topological polar surface area (TPSA) is 71.7 Å². The van der Waals surface area contributed by atoms with Gasteiger partial charge >= 0.3 is 0 Å². The highest BCUT2D eigenvalue weighted by molar-refractivity contribution is 6.74. The fourth-order valence-electron chi connectivity index (χ4n) is 1.49. The van der Waals surface area contributed by atoms with Crippen LogP contribution in [0.4, 0.5) is 0 Å². The van der Waals surface area contributed by atoms with Gasteiger partial charge in [0.1, 0.15) is 0 Å². The van der Waals surface area contributed by atoms with Gasteiger partial charge in [0.05, 0.1) is 45.5 Å². The molecule has 0 rings (SSSR count). The molecule has 30 heavy (non-hydrogen) atoms. The number of hydrogen-bond acceptors (Lipinski definition) is 5. The third-order valence-corrected chi connectivity index (χ3v) is 14.7.